The van der Waals surface area contributed by atoms with E-state index < -0.39 is 0 Å². The molecule has 25 heavy (non-hydrogen) atoms. The highest BCUT2D eigenvalue weighted by atomic mass is 32.2. The molecule has 2 aromatic carbocycles. The lowest BCUT2D eigenvalue weighted by molar-refractivity contribution is 0.102. The van der Waals surface area contributed by atoms with E-state index in [9.17, 15) is 4.79 Å². The van der Waals surface area contributed by atoms with Gasteiger partial charge in [-0.05, 0) is 32.4 Å². The second-order valence-electron chi connectivity index (χ2n) is 5.95. The normalized spacial score (nSPS) is 10.8. The number of rotatable bonds is 6. The highest BCUT2D eigenvalue weighted by Crippen LogP contribution is 2.25. The molecule has 0 bridgehead atoms. The summed E-state index contributed by atoms with van der Waals surface area (Å²) >= 11 is 1.44. The van der Waals surface area contributed by atoms with Crippen molar-refractivity contribution in [2.75, 3.05) is 5.75 Å². The van der Waals surface area contributed by atoms with Crippen LogP contribution in [0, 0.1) is 13.8 Å². The van der Waals surface area contributed by atoms with Crippen LogP contribution in [-0.2, 0) is 6.54 Å². The Labute approximate surface area is 152 Å². The minimum absolute atomic E-state index is 0.117. The van der Waals surface area contributed by atoms with Gasteiger partial charge >= 0.3 is 0 Å². The molecule has 0 N–H and O–H groups in total. The monoisotopic (exact) mass is 351 g/mol. The van der Waals surface area contributed by atoms with E-state index in [0.29, 0.717) is 5.75 Å². The lowest BCUT2D eigenvalue weighted by atomic mass is 10.1. The number of aromatic nitrogens is 3. The molecule has 0 aliphatic heterocycles. The number of benzene rings is 2. The third-order valence-electron chi connectivity index (χ3n) is 4.09. The van der Waals surface area contributed by atoms with Crippen LogP contribution in [0.4, 0.5) is 0 Å². The van der Waals surface area contributed by atoms with Gasteiger partial charge < -0.3 is 4.57 Å². The second kappa shape index (κ2) is 7.66. The van der Waals surface area contributed by atoms with Gasteiger partial charge in [-0.1, -0.05) is 59.8 Å². The molecule has 3 aromatic rings. The number of Topliss-reactive ketones (excluding diaryl/α,β-unsaturated/α-hetero) is 1. The number of aryl methyl sites for hydroxylation is 2. The zero-order valence-corrected chi connectivity index (χ0v) is 15.5. The molecular weight excluding hydrogens is 330 g/mol. The van der Waals surface area contributed by atoms with Crippen molar-refractivity contribution in [3.63, 3.8) is 0 Å². The van der Waals surface area contributed by atoms with Crippen molar-refractivity contribution in [2.45, 2.75) is 32.5 Å². The Bertz CT molecular complexity index is 901. The first-order chi connectivity index (χ1) is 12.1. The average molecular weight is 351 g/mol. The van der Waals surface area contributed by atoms with Gasteiger partial charge in [0.1, 0.15) is 0 Å². The second-order valence-corrected chi connectivity index (χ2v) is 6.89. The van der Waals surface area contributed by atoms with E-state index in [1.54, 1.807) is 0 Å². The van der Waals surface area contributed by atoms with E-state index in [0.717, 1.165) is 34.2 Å². The summed E-state index contributed by atoms with van der Waals surface area (Å²) in [4.78, 5) is 12.5. The molecule has 3 rings (SSSR count). The molecular formula is C20H21N3OS. The predicted octanol–water partition coefficient (Wildman–Crippen LogP) is 4.56. The molecule has 5 heteroatoms. The summed E-state index contributed by atoms with van der Waals surface area (Å²) in [6, 6.07) is 15.9. The number of carbonyl (C=O) groups is 1. The summed E-state index contributed by atoms with van der Waals surface area (Å²) in [7, 11) is 0. The Morgan fingerprint density at radius 3 is 2.60 bits per heavy atom. The van der Waals surface area contributed by atoms with E-state index in [-0.39, 0.29) is 5.78 Å². The van der Waals surface area contributed by atoms with Gasteiger partial charge in [0.15, 0.2) is 16.8 Å². The van der Waals surface area contributed by atoms with E-state index in [2.05, 4.69) is 40.7 Å². The van der Waals surface area contributed by atoms with Gasteiger partial charge in [0.2, 0.25) is 0 Å². The van der Waals surface area contributed by atoms with Gasteiger partial charge in [-0.2, -0.15) is 0 Å². The maximum atomic E-state index is 12.5. The Morgan fingerprint density at radius 2 is 1.88 bits per heavy atom. The molecule has 0 saturated carbocycles. The minimum atomic E-state index is 0.117. The van der Waals surface area contributed by atoms with Crippen LogP contribution in [-0.4, -0.2) is 26.3 Å². The van der Waals surface area contributed by atoms with Crippen LogP contribution in [0.15, 0.2) is 53.7 Å². The van der Waals surface area contributed by atoms with Gasteiger partial charge in [0, 0.05) is 17.7 Å². The lowest BCUT2D eigenvalue weighted by Crippen LogP contribution is -2.06. The number of thioether (sulfide) groups is 1. The van der Waals surface area contributed by atoms with Crippen LogP contribution in [0.5, 0.6) is 0 Å². The van der Waals surface area contributed by atoms with Crippen LogP contribution < -0.4 is 0 Å². The SMILES string of the molecule is CCn1c(SCC(=O)c2ccccc2C)nnc1-c1cccc(C)c1. The first kappa shape index (κ1) is 17.4. The Morgan fingerprint density at radius 1 is 1.08 bits per heavy atom. The van der Waals surface area contributed by atoms with Crippen LogP contribution in [0.2, 0.25) is 0 Å². The van der Waals surface area contributed by atoms with Crippen LogP contribution in [0.3, 0.4) is 0 Å². The van der Waals surface area contributed by atoms with Crippen molar-refractivity contribution in [1.29, 1.82) is 0 Å². The molecule has 0 aliphatic rings. The Balaban J connectivity index is 1.80. The molecule has 0 amide bonds. The topological polar surface area (TPSA) is 47.8 Å². The van der Waals surface area contributed by atoms with Gasteiger partial charge in [0.25, 0.3) is 0 Å². The lowest BCUT2D eigenvalue weighted by Gasteiger charge is -2.08. The Hall–Kier alpha value is -2.40. The first-order valence-corrected chi connectivity index (χ1v) is 9.30. The van der Waals surface area contributed by atoms with Crippen molar-refractivity contribution >= 4 is 17.5 Å². The molecule has 0 unspecified atom stereocenters. The molecule has 0 radical (unpaired) electrons. The number of nitrogens with zero attached hydrogens (tertiary/aromatic N) is 3. The van der Waals surface area contributed by atoms with Crippen molar-refractivity contribution in [1.82, 2.24) is 14.8 Å². The summed E-state index contributed by atoms with van der Waals surface area (Å²) in [6.07, 6.45) is 0. The van der Waals surface area contributed by atoms with E-state index >= 15 is 0 Å². The summed E-state index contributed by atoms with van der Waals surface area (Å²) in [6.45, 7) is 6.85. The van der Waals surface area contributed by atoms with Crippen LogP contribution in [0.25, 0.3) is 11.4 Å². The first-order valence-electron chi connectivity index (χ1n) is 8.32. The number of carbonyl (C=O) groups excluding carboxylic acids is 1. The summed E-state index contributed by atoms with van der Waals surface area (Å²) in [5, 5.41) is 9.43. The zero-order chi connectivity index (χ0) is 17.8. The van der Waals surface area contributed by atoms with E-state index in [1.165, 1.54) is 17.3 Å². The standard InChI is InChI=1S/C20H21N3OS/c1-4-23-19(16-10-7-8-14(2)12-16)21-22-20(23)25-13-18(24)17-11-6-5-9-15(17)3/h5-12H,4,13H2,1-3H3. The number of ketones is 1. The maximum absolute atomic E-state index is 12.5. The van der Waals surface area contributed by atoms with Crippen molar-refractivity contribution < 1.29 is 4.79 Å². The fourth-order valence-corrected chi connectivity index (χ4v) is 3.66. The van der Waals surface area contributed by atoms with E-state index in [4.69, 9.17) is 0 Å². The molecule has 0 fully saturated rings. The van der Waals surface area contributed by atoms with Gasteiger partial charge in [-0.15, -0.1) is 10.2 Å². The highest BCUT2D eigenvalue weighted by Gasteiger charge is 2.16. The van der Waals surface area contributed by atoms with Gasteiger partial charge in [-0.3, -0.25) is 4.79 Å². The van der Waals surface area contributed by atoms with Crippen molar-refractivity contribution in [3.8, 4) is 11.4 Å². The fraction of sp³-hybridized carbons (Fsp3) is 0.250. The van der Waals surface area contributed by atoms with Gasteiger partial charge in [-0.25, -0.2) is 0 Å². The largest absolute Gasteiger partial charge is 0.302 e. The van der Waals surface area contributed by atoms with Gasteiger partial charge in [0.05, 0.1) is 5.75 Å². The average Bonchev–Trinajstić information content (AvgIpc) is 3.03. The predicted molar refractivity (Wildman–Crippen MR) is 102 cm³/mol. The Kier molecular flexibility index (Phi) is 5.34. The third kappa shape index (κ3) is 3.82. The molecule has 1 heterocycles. The van der Waals surface area contributed by atoms with E-state index in [1.807, 2.05) is 43.3 Å². The molecule has 0 atom stereocenters. The highest BCUT2D eigenvalue weighted by molar-refractivity contribution is 7.99. The zero-order valence-electron chi connectivity index (χ0n) is 14.7. The van der Waals surface area contributed by atoms with Crippen LogP contribution >= 0.6 is 11.8 Å². The molecule has 128 valence electrons. The smallest absolute Gasteiger partial charge is 0.191 e. The quantitative estimate of drug-likeness (QED) is 0.482. The number of hydrogen-bond acceptors (Lipinski definition) is 4. The maximum Gasteiger partial charge on any atom is 0.191 e. The summed E-state index contributed by atoms with van der Waals surface area (Å²) < 4.78 is 2.06. The van der Waals surface area contributed by atoms with Crippen LogP contribution in [0.1, 0.15) is 28.4 Å². The number of hydrogen-bond donors (Lipinski definition) is 0. The van der Waals surface area contributed by atoms with Crippen molar-refractivity contribution in [2.24, 2.45) is 0 Å². The molecule has 1 aromatic heterocycles. The molecule has 4 nitrogen and oxygen atoms in total. The molecule has 0 saturated heterocycles. The summed E-state index contributed by atoms with van der Waals surface area (Å²) in [5.74, 6) is 1.32. The summed E-state index contributed by atoms with van der Waals surface area (Å²) in [5.41, 5.74) is 4.01. The molecule has 0 aliphatic carbocycles. The third-order valence-corrected chi connectivity index (χ3v) is 5.05. The fourth-order valence-electron chi connectivity index (χ4n) is 2.77. The minimum Gasteiger partial charge on any atom is -0.302 e. The molecule has 0 spiro atoms. The van der Waals surface area contributed by atoms with Crippen molar-refractivity contribution in [3.05, 3.63) is 65.2 Å².